The Morgan fingerprint density at radius 1 is 1.26 bits per heavy atom. The van der Waals surface area contributed by atoms with Gasteiger partial charge in [0.15, 0.2) is 0 Å². The number of rotatable bonds is 2. The minimum Gasteiger partial charge on any atom is -0.327 e. The van der Waals surface area contributed by atoms with Crippen molar-refractivity contribution < 1.29 is 13.2 Å². The third kappa shape index (κ3) is 2.79. The van der Waals surface area contributed by atoms with Crippen LogP contribution in [0.3, 0.4) is 0 Å². The fourth-order valence-electron chi connectivity index (χ4n) is 3.54. The van der Waals surface area contributed by atoms with Crippen LogP contribution in [-0.2, 0) is 10.0 Å². The highest BCUT2D eigenvalue weighted by Gasteiger charge is 2.44. The molecule has 2 aliphatic rings. The Balaban J connectivity index is 1.69. The molecule has 0 N–H and O–H groups in total. The summed E-state index contributed by atoms with van der Waals surface area (Å²) in [5.74, 6) is -0.115. The van der Waals surface area contributed by atoms with Crippen LogP contribution in [0.5, 0.6) is 0 Å². The number of piperazine rings is 1. The SMILES string of the molecule is Cc1ccc2c(n1)C1CN(S(=O)(=O)c3ccc(C#N)cc3Cl)CCN1C2=O. The molecule has 2 aromatic rings. The summed E-state index contributed by atoms with van der Waals surface area (Å²) in [6.07, 6.45) is 0. The van der Waals surface area contributed by atoms with Crippen LogP contribution in [0.15, 0.2) is 35.2 Å². The molecule has 27 heavy (non-hydrogen) atoms. The number of benzene rings is 1. The van der Waals surface area contributed by atoms with Gasteiger partial charge in [-0.05, 0) is 37.3 Å². The lowest BCUT2D eigenvalue weighted by Gasteiger charge is -2.36. The number of carbonyl (C=O) groups is 1. The first-order valence-corrected chi connectivity index (χ1v) is 10.1. The van der Waals surface area contributed by atoms with Gasteiger partial charge in [-0.15, -0.1) is 0 Å². The van der Waals surface area contributed by atoms with Gasteiger partial charge in [-0.1, -0.05) is 11.6 Å². The summed E-state index contributed by atoms with van der Waals surface area (Å²) in [7, 11) is -3.86. The van der Waals surface area contributed by atoms with Crippen LogP contribution >= 0.6 is 11.6 Å². The Morgan fingerprint density at radius 3 is 2.74 bits per heavy atom. The van der Waals surface area contributed by atoms with E-state index in [9.17, 15) is 13.2 Å². The number of pyridine rings is 1. The van der Waals surface area contributed by atoms with Gasteiger partial charge < -0.3 is 4.90 Å². The number of hydrogen-bond donors (Lipinski definition) is 0. The highest BCUT2D eigenvalue weighted by molar-refractivity contribution is 7.89. The van der Waals surface area contributed by atoms with Crippen LogP contribution in [0.25, 0.3) is 0 Å². The van der Waals surface area contributed by atoms with Gasteiger partial charge in [-0.3, -0.25) is 9.78 Å². The number of carbonyl (C=O) groups excluding carboxylic acids is 1. The van der Waals surface area contributed by atoms with E-state index in [2.05, 4.69) is 4.98 Å². The highest BCUT2D eigenvalue weighted by atomic mass is 35.5. The fraction of sp³-hybridized carbons (Fsp3) is 0.278. The molecule has 1 aromatic carbocycles. The second-order valence-electron chi connectivity index (χ2n) is 6.52. The van der Waals surface area contributed by atoms with Crippen molar-refractivity contribution in [3.8, 4) is 6.07 Å². The van der Waals surface area contributed by atoms with Crippen molar-refractivity contribution in [2.45, 2.75) is 17.9 Å². The lowest BCUT2D eigenvalue weighted by atomic mass is 10.1. The molecule has 2 aliphatic heterocycles. The Kier molecular flexibility index (Phi) is 4.18. The largest absolute Gasteiger partial charge is 0.327 e. The number of hydrogen-bond acceptors (Lipinski definition) is 5. The van der Waals surface area contributed by atoms with Crippen molar-refractivity contribution >= 4 is 27.5 Å². The molecule has 1 amide bonds. The molecule has 138 valence electrons. The summed E-state index contributed by atoms with van der Waals surface area (Å²) in [6, 6.07) is 9.15. The van der Waals surface area contributed by atoms with Gasteiger partial charge in [0.2, 0.25) is 10.0 Å². The number of aryl methyl sites for hydroxylation is 1. The van der Waals surface area contributed by atoms with E-state index < -0.39 is 16.1 Å². The maximum absolute atomic E-state index is 13.1. The van der Waals surface area contributed by atoms with Crippen LogP contribution in [0.2, 0.25) is 5.02 Å². The lowest BCUT2D eigenvalue weighted by Crippen LogP contribution is -2.49. The van der Waals surface area contributed by atoms with Crippen LogP contribution in [0, 0.1) is 18.3 Å². The number of sulfonamides is 1. The van der Waals surface area contributed by atoms with Gasteiger partial charge in [0.25, 0.3) is 5.91 Å². The van der Waals surface area contributed by atoms with Crippen molar-refractivity contribution in [3.05, 3.63) is 57.9 Å². The number of halogens is 1. The first-order chi connectivity index (χ1) is 12.8. The zero-order valence-corrected chi connectivity index (χ0v) is 16.0. The van der Waals surface area contributed by atoms with Gasteiger partial charge in [0, 0.05) is 25.3 Å². The standard InChI is InChI=1S/C18H15ClN4O3S/c1-11-2-4-13-17(21-11)15-10-22(6-7-23(15)18(13)24)27(25,26)16-5-3-12(9-20)8-14(16)19/h2-5,8,15H,6-7,10H2,1H3. The number of aromatic nitrogens is 1. The number of amides is 1. The van der Waals surface area contributed by atoms with Gasteiger partial charge >= 0.3 is 0 Å². The van der Waals surface area contributed by atoms with E-state index in [1.807, 2.05) is 13.0 Å². The highest BCUT2D eigenvalue weighted by Crippen LogP contribution is 2.37. The second kappa shape index (κ2) is 6.30. The first-order valence-electron chi connectivity index (χ1n) is 8.31. The van der Waals surface area contributed by atoms with E-state index in [4.69, 9.17) is 16.9 Å². The van der Waals surface area contributed by atoms with Crippen molar-refractivity contribution in [2.75, 3.05) is 19.6 Å². The van der Waals surface area contributed by atoms with Crippen molar-refractivity contribution in [3.63, 3.8) is 0 Å². The zero-order valence-electron chi connectivity index (χ0n) is 14.4. The van der Waals surface area contributed by atoms with E-state index in [0.717, 1.165) is 5.69 Å². The molecule has 1 unspecified atom stereocenters. The van der Waals surface area contributed by atoms with E-state index in [1.165, 1.54) is 22.5 Å². The molecule has 1 aromatic heterocycles. The smallest absolute Gasteiger partial charge is 0.256 e. The van der Waals surface area contributed by atoms with Crippen molar-refractivity contribution in [1.29, 1.82) is 5.26 Å². The quantitative estimate of drug-likeness (QED) is 0.766. The number of nitrogens with zero attached hydrogens (tertiary/aromatic N) is 4. The molecule has 4 rings (SSSR count). The average molecular weight is 403 g/mol. The number of nitriles is 1. The average Bonchev–Trinajstić information content (AvgIpc) is 2.92. The van der Waals surface area contributed by atoms with Crippen LogP contribution in [0.1, 0.15) is 33.4 Å². The van der Waals surface area contributed by atoms with E-state index in [-0.39, 0.29) is 35.5 Å². The van der Waals surface area contributed by atoms with Crippen molar-refractivity contribution in [1.82, 2.24) is 14.2 Å². The predicted molar refractivity (Wildman–Crippen MR) is 97.7 cm³/mol. The van der Waals surface area contributed by atoms with E-state index in [1.54, 1.807) is 17.0 Å². The molecule has 0 saturated carbocycles. The Labute approximate surface area is 161 Å². The molecular weight excluding hydrogens is 388 g/mol. The molecule has 1 fully saturated rings. The summed E-state index contributed by atoms with van der Waals surface area (Å²) in [4.78, 5) is 18.7. The molecule has 3 heterocycles. The molecule has 1 saturated heterocycles. The monoisotopic (exact) mass is 402 g/mol. The topological polar surface area (TPSA) is 94.4 Å². The summed E-state index contributed by atoms with van der Waals surface area (Å²) < 4.78 is 27.5. The Hall–Kier alpha value is -2.47. The van der Waals surface area contributed by atoms with E-state index >= 15 is 0 Å². The minimum absolute atomic E-state index is 0.00773. The molecule has 0 radical (unpaired) electrons. The van der Waals surface area contributed by atoms with Gasteiger partial charge in [0.05, 0.1) is 34.0 Å². The third-order valence-corrected chi connectivity index (χ3v) is 7.24. The second-order valence-corrected chi connectivity index (χ2v) is 8.83. The third-order valence-electron chi connectivity index (χ3n) is 4.89. The lowest BCUT2D eigenvalue weighted by molar-refractivity contribution is 0.0625. The molecule has 0 aliphatic carbocycles. The molecule has 7 nitrogen and oxygen atoms in total. The van der Waals surface area contributed by atoms with Gasteiger partial charge in [-0.25, -0.2) is 8.42 Å². The molecular formula is C18H15ClN4O3S. The predicted octanol–water partition coefficient (Wildman–Crippen LogP) is 2.12. The van der Waals surface area contributed by atoms with E-state index in [0.29, 0.717) is 16.8 Å². The molecule has 0 bridgehead atoms. The first kappa shape index (κ1) is 17.9. The molecule has 1 atom stereocenters. The fourth-order valence-corrected chi connectivity index (χ4v) is 5.49. The normalized spacial score (nSPS) is 19.5. The summed E-state index contributed by atoms with van der Waals surface area (Å²) in [5, 5.41) is 8.94. The molecule has 9 heteroatoms. The maximum atomic E-state index is 13.1. The van der Waals surface area contributed by atoms with Crippen molar-refractivity contribution in [2.24, 2.45) is 0 Å². The Morgan fingerprint density at radius 2 is 2.04 bits per heavy atom. The minimum atomic E-state index is -3.86. The van der Waals surface area contributed by atoms with Gasteiger partial charge in [0.1, 0.15) is 4.90 Å². The summed E-state index contributed by atoms with van der Waals surface area (Å²) in [6.45, 7) is 2.41. The van der Waals surface area contributed by atoms with Gasteiger partial charge in [-0.2, -0.15) is 9.57 Å². The van der Waals surface area contributed by atoms with Crippen LogP contribution in [-0.4, -0.2) is 48.1 Å². The van der Waals surface area contributed by atoms with Crippen LogP contribution < -0.4 is 0 Å². The zero-order chi connectivity index (χ0) is 19.3. The summed E-state index contributed by atoms with van der Waals surface area (Å²) >= 11 is 6.11. The Bertz CT molecular complexity index is 1110. The summed E-state index contributed by atoms with van der Waals surface area (Å²) in [5.41, 5.74) is 2.21. The number of fused-ring (bicyclic) bond motifs is 3. The van der Waals surface area contributed by atoms with Crippen LogP contribution in [0.4, 0.5) is 0 Å². The maximum Gasteiger partial charge on any atom is 0.256 e. The molecule has 0 spiro atoms.